The minimum atomic E-state index is -0.884. The highest BCUT2D eigenvalue weighted by Gasteiger charge is 2.43. The van der Waals surface area contributed by atoms with Crippen LogP contribution in [0.3, 0.4) is 0 Å². The lowest BCUT2D eigenvalue weighted by molar-refractivity contribution is -0.138. The Morgan fingerprint density at radius 2 is 1.69 bits per heavy atom. The second-order valence-corrected chi connectivity index (χ2v) is 9.21. The summed E-state index contributed by atoms with van der Waals surface area (Å²) in [5.74, 6) is -0.187. The summed E-state index contributed by atoms with van der Waals surface area (Å²) in [5, 5.41) is 11.4. The zero-order valence-electron chi connectivity index (χ0n) is 20.0. The van der Waals surface area contributed by atoms with E-state index in [1.54, 1.807) is 12.3 Å². The third-order valence-electron chi connectivity index (χ3n) is 6.69. The van der Waals surface area contributed by atoms with Crippen molar-refractivity contribution >= 4 is 23.4 Å². The largest absolute Gasteiger partial charge is 0.481 e. The van der Waals surface area contributed by atoms with Gasteiger partial charge in [-0.05, 0) is 37.1 Å². The van der Waals surface area contributed by atoms with Crippen LogP contribution in [0.4, 0.5) is 11.5 Å². The molecule has 2 N–H and O–H groups in total. The van der Waals surface area contributed by atoms with Crippen molar-refractivity contribution in [3.63, 3.8) is 0 Å². The van der Waals surface area contributed by atoms with E-state index < -0.39 is 5.97 Å². The third-order valence-corrected chi connectivity index (χ3v) is 6.69. The molecule has 2 fully saturated rings. The Bertz CT molecular complexity index is 989. The van der Waals surface area contributed by atoms with Crippen LogP contribution < -0.4 is 15.1 Å². The molecule has 3 heterocycles. The summed E-state index contributed by atoms with van der Waals surface area (Å²) in [6.45, 7) is 5.63. The van der Waals surface area contributed by atoms with Crippen LogP contribution in [0.5, 0.6) is 0 Å². The quantitative estimate of drug-likeness (QED) is 0.445. The number of pyridine rings is 1. The van der Waals surface area contributed by atoms with E-state index >= 15 is 0 Å². The first-order chi connectivity index (χ1) is 17.0. The fourth-order valence-corrected chi connectivity index (χ4v) is 4.81. The number of hydrogen-bond acceptors (Lipinski definition) is 7. The maximum Gasteiger partial charge on any atom is 0.305 e. The highest BCUT2D eigenvalue weighted by Crippen LogP contribution is 2.42. The average Bonchev–Trinajstić information content (AvgIpc) is 3.50. The van der Waals surface area contributed by atoms with Gasteiger partial charge in [-0.15, -0.1) is 0 Å². The van der Waals surface area contributed by atoms with E-state index in [0.717, 1.165) is 38.4 Å². The highest BCUT2D eigenvalue weighted by atomic mass is 16.5. The molecule has 1 amide bonds. The van der Waals surface area contributed by atoms with Gasteiger partial charge in [0.25, 0.3) is 5.91 Å². The molecule has 4 rings (SSSR count). The van der Waals surface area contributed by atoms with E-state index in [9.17, 15) is 9.59 Å². The molecule has 1 atom stereocenters. The highest BCUT2D eigenvalue weighted by molar-refractivity contribution is 5.94. The summed E-state index contributed by atoms with van der Waals surface area (Å²) in [4.78, 5) is 32.3. The SMILES string of the molecule is O=C(O)CCOCCOCCNC(=O)c1ccnc(N2CCC3(CCN(c4ccccc4)C3)C2)c1. The zero-order chi connectivity index (χ0) is 24.5. The second-order valence-electron chi connectivity index (χ2n) is 9.21. The van der Waals surface area contributed by atoms with E-state index in [2.05, 4.69) is 50.4 Å². The standard InChI is InChI=1S/C26H34N4O5/c31-24(32)7-14-34-16-17-35-15-11-28-25(33)21-6-10-27-23(18-21)30-13-9-26(20-30)8-12-29(19-26)22-4-2-1-3-5-22/h1-6,10,18H,7-9,11-17,19-20H2,(H,28,33)(H,31,32). The number of nitrogens with zero attached hydrogens (tertiary/aromatic N) is 3. The first-order valence-electron chi connectivity index (χ1n) is 12.2. The molecule has 2 aliphatic heterocycles. The minimum absolute atomic E-state index is 0.0193. The number of aromatic nitrogens is 1. The molecule has 0 saturated carbocycles. The van der Waals surface area contributed by atoms with E-state index in [-0.39, 0.29) is 24.3 Å². The molecule has 35 heavy (non-hydrogen) atoms. The van der Waals surface area contributed by atoms with E-state index in [1.807, 2.05) is 6.07 Å². The Hall–Kier alpha value is -3.17. The molecular weight excluding hydrogens is 448 g/mol. The Morgan fingerprint density at radius 3 is 2.46 bits per heavy atom. The van der Waals surface area contributed by atoms with Gasteiger partial charge in [0.05, 0.1) is 32.8 Å². The van der Waals surface area contributed by atoms with Crippen molar-refractivity contribution < 1.29 is 24.2 Å². The number of carboxylic acid groups (broad SMARTS) is 1. The summed E-state index contributed by atoms with van der Waals surface area (Å²) >= 11 is 0. The van der Waals surface area contributed by atoms with Crippen LogP contribution in [0.25, 0.3) is 0 Å². The van der Waals surface area contributed by atoms with E-state index in [1.165, 1.54) is 12.1 Å². The Kier molecular flexibility index (Phi) is 8.54. The number of ether oxygens (including phenoxy) is 2. The number of anilines is 2. The van der Waals surface area contributed by atoms with Gasteiger partial charge in [-0.25, -0.2) is 4.98 Å². The molecule has 1 unspecified atom stereocenters. The number of nitrogens with one attached hydrogen (secondary N) is 1. The first kappa shape index (κ1) is 24.9. The molecule has 0 radical (unpaired) electrons. The van der Waals surface area contributed by atoms with Crippen LogP contribution in [-0.4, -0.2) is 81.1 Å². The lowest BCUT2D eigenvalue weighted by Gasteiger charge is -2.26. The Balaban J connectivity index is 1.20. The van der Waals surface area contributed by atoms with Crippen LogP contribution >= 0.6 is 0 Å². The summed E-state index contributed by atoms with van der Waals surface area (Å²) in [6.07, 6.45) is 3.98. The number of rotatable bonds is 12. The molecule has 0 aliphatic carbocycles. The predicted octanol–water partition coefficient (Wildman–Crippen LogP) is 2.43. The molecule has 188 valence electrons. The molecule has 1 aromatic carbocycles. The third kappa shape index (κ3) is 6.93. The molecule has 1 spiro atoms. The first-order valence-corrected chi connectivity index (χ1v) is 12.2. The maximum absolute atomic E-state index is 12.6. The molecule has 9 heteroatoms. The van der Waals surface area contributed by atoms with Crippen molar-refractivity contribution in [2.75, 3.05) is 69.0 Å². The number of aliphatic carboxylic acids is 1. The van der Waals surface area contributed by atoms with Crippen molar-refractivity contribution in [3.8, 4) is 0 Å². The molecule has 1 aromatic heterocycles. The predicted molar refractivity (Wildman–Crippen MR) is 133 cm³/mol. The molecule has 2 saturated heterocycles. The zero-order valence-corrected chi connectivity index (χ0v) is 20.0. The smallest absolute Gasteiger partial charge is 0.305 e. The van der Waals surface area contributed by atoms with Gasteiger partial charge >= 0.3 is 5.97 Å². The van der Waals surface area contributed by atoms with Gasteiger partial charge in [-0.2, -0.15) is 0 Å². The van der Waals surface area contributed by atoms with Gasteiger partial charge < -0.3 is 29.7 Å². The normalized spacial score (nSPS) is 19.4. The van der Waals surface area contributed by atoms with Crippen LogP contribution in [0.1, 0.15) is 29.6 Å². The summed E-state index contributed by atoms with van der Waals surface area (Å²) in [5.41, 5.74) is 2.14. The number of carbonyl (C=O) groups excluding carboxylic acids is 1. The number of carbonyl (C=O) groups is 2. The monoisotopic (exact) mass is 482 g/mol. The van der Waals surface area contributed by atoms with E-state index in [4.69, 9.17) is 14.6 Å². The topological polar surface area (TPSA) is 104 Å². The summed E-state index contributed by atoms with van der Waals surface area (Å²) in [7, 11) is 0. The van der Waals surface area contributed by atoms with Gasteiger partial charge in [0, 0.05) is 55.6 Å². The van der Waals surface area contributed by atoms with Crippen LogP contribution in [0.15, 0.2) is 48.7 Å². The molecule has 2 aliphatic rings. The average molecular weight is 483 g/mol. The van der Waals surface area contributed by atoms with Crippen LogP contribution in [0.2, 0.25) is 0 Å². The van der Waals surface area contributed by atoms with Crippen molar-refractivity contribution in [2.45, 2.75) is 19.3 Å². The number of para-hydroxylation sites is 1. The molecule has 2 aromatic rings. The van der Waals surface area contributed by atoms with Gasteiger partial charge in [-0.1, -0.05) is 18.2 Å². The van der Waals surface area contributed by atoms with Crippen molar-refractivity contribution in [1.29, 1.82) is 0 Å². The number of amides is 1. The minimum Gasteiger partial charge on any atom is -0.481 e. The Labute approximate surface area is 206 Å². The fourth-order valence-electron chi connectivity index (χ4n) is 4.81. The van der Waals surface area contributed by atoms with Gasteiger partial charge in [-0.3, -0.25) is 9.59 Å². The maximum atomic E-state index is 12.6. The van der Waals surface area contributed by atoms with E-state index in [0.29, 0.717) is 31.9 Å². The van der Waals surface area contributed by atoms with Crippen LogP contribution in [0, 0.1) is 5.41 Å². The molecule has 0 bridgehead atoms. The second kappa shape index (κ2) is 12.0. The molecule has 9 nitrogen and oxygen atoms in total. The van der Waals surface area contributed by atoms with Crippen molar-refractivity contribution in [2.24, 2.45) is 5.41 Å². The lowest BCUT2D eigenvalue weighted by atomic mass is 9.86. The van der Waals surface area contributed by atoms with Gasteiger partial charge in [0.2, 0.25) is 0 Å². The van der Waals surface area contributed by atoms with Crippen molar-refractivity contribution in [3.05, 3.63) is 54.2 Å². The summed E-state index contributed by atoms with van der Waals surface area (Å²) < 4.78 is 10.6. The van der Waals surface area contributed by atoms with Gasteiger partial charge in [0.15, 0.2) is 0 Å². The fraction of sp³-hybridized carbons (Fsp3) is 0.500. The van der Waals surface area contributed by atoms with Crippen molar-refractivity contribution in [1.82, 2.24) is 10.3 Å². The van der Waals surface area contributed by atoms with Gasteiger partial charge in [0.1, 0.15) is 5.82 Å². The Morgan fingerprint density at radius 1 is 0.971 bits per heavy atom. The van der Waals surface area contributed by atoms with Crippen LogP contribution in [-0.2, 0) is 14.3 Å². The number of benzene rings is 1. The molecular formula is C26H34N4O5. The number of carboxylic acids is 1. The summed E-state index contributed by atoms with van der Waals surface area (Å²) in [6, 6.07) is 14.2. The lowest BCUT2D eigenvalue weighted by Crippen LogP contribution is -2.31. The number of hydrogen-bond donors (Lipinski definition) is 2.